The predicted molar refractivity (Wildman–Crippen MR) is 52.9 cm³/mol. The quantitative estimate of drug-likeness (QED) is 0.724. The van der Waals surface area contributed by atoms with Crippen molar-refractivity contribution in [3.05, 3.63) is 12.3 Å². The zero-order valence-corrected chi connectivity index (χ0v) is 8.40. The largest absolute Gasteiger partial charge is 0.357 e. The SMILES string of the molecule is CN1CCC(Nc2ccn(C)n2)C1=O. The third-order valence-electron chi connectivity index (χ3n) is 2.46. The average Bonchev–Trinajstić information content (AvgIpc) is 2.67. The Morgan fingerprint density at radius 2 is 2.36 bits per heavy atom. The molecule has 0 radical (unpaired) electrons. The molecule has 1 fully saturated rings. The summed E-state index contributed by atoms with van der Waals surface area (Å²) in [5.74, 6) is 0.914. The maximum atomic E-state index is 11.5. The Kier molecular flexibility index (Phi) is 2.15. The molecule has 1 atom stereocenters. The van der Waals surface area contributed by atoms with Crippen molar-refractivity contribution in [2.24, 2.45) is 7.05 Å². The first kappa shape index (κ1) is 9.05. The van der Waals surface area contributed by atoms with Gasteiger partial charge in [-0.15, -0.1) is 0 Å². The number of aryl methyl sites for hydroxylation is 1. The molecule has 1 aromatic heterocycles. The molecule has 2 rings (SSSR count). The molecule has 1 aromatic rings. The van der Waals surface area contributed by atoms with Gasteiger partial charge in [-0.2, -0.15) is 5.10 Å². The van der Waals surface area contributed by atoms with E-state index in [4.69, 9.17) is 0 Å². The van der Waals surface area contributed by atoms with Gasteiger partial charge in [-0.05, 0) is 6.42 Å². The van der Waals surface area contributed by atoms with Gasteiger partial charge in [0.2, 0.25) is 5.91 Å². The molecule has 1 amide bonds. The van der Waals surface area contributed by atoms with Crippen LogP contribution in [-0.4, -0.2) is 40.2 Å². The van der Waals surface area contributed by atoms with Crippen molar-refractivity contribution in [3.8, 4) is 0 Å². The van der Waals surface area contributed by atoms with Crippen LogP contribution in [-0.2, 0) is 11.8 Å². The van der Waals surface area contributed by atoms with E-state index < -0.39 is 0 Å². The van der Waals surface area contributed by atoms with Crippen molar-refractivity contribution < 1.29 is 4.79 Å². The number of aromatic nitrogens is 2. The molecule has 14 heavy (non-hydrogen) atoms. The summed E-state index contributed by atoms with van der Waals surface area (Å²) in [6.45, 7) is 0.823. The molecular formula is C9H14N4O. The molecular weight excluding hydrogens is 180 g/mol. The highest BCUT2D eigenvalue weighted by atomic mass is 16.2. The van der Waals surface area contributed by atoms with Gasteiger partial charge in [0.1, 0.15) is 11.9 Å². The van der Waals surface area contributed by atoms with Crippen molar-refractivity contribution in [1.82, 2.24) is 14.7 Å². The standard InChI is InChI=1S/C9H14N4O/c1-12-5-3-7(9(12)14)10-8-4-6-13(2)11-8/h4,6-7H,3,5H2,1-2H3,(H,10,11). The number of likely N-dealkylation sites (tertiary alicyclic amines) is 1. The third-order valence-corrected chi connectivity index (χ3v) is 2.46. The van der Waals surface area contributed by atoms with Gasteiger partial charge in [0.05, 0.1) is 0 Å². The second-order valence-electron chi connectivity index (χ2n) is 3.62. The average molecular weight is 194 g/mol. The summed E-state index contributed by atoms with van der Waals surface area (Å²) in [5.41, 5.74) is 0. The van der Waals surface area contributed by atoms with Gasteiger partial charge in [-0.25, -0.2) is 0 Å². The number of nitrogens with zero attached hydrogens (tertiary/aromatic N) is 3. The van der Waals surface area contributed by atoms with E-state index in [0.29, 0.717) is 0 Å². The zero-order valence-electron chi connectivity index (χ0n) is 8.40. The van der Waals surface area contributed by atoms with Crippen LogP contribution < -0.4 is 5.32 Å². The maximum Gasteiger partial charge on any atom is 0.244 e. The van der Waals surface area contributed by atoms with Gasteiger partial charge < -0.3 is 10.2 Å². The lowest BCUT2D eigenvalue weighted by Crippen LogP contribution is -2.31. The van der Waals surface area contributed by atoms with Gasteiger partial charge in [-0.3, -0.25) is 9.48 Å². The Bertz CT molecular complexity index is 346. The zero-order chi connectivity index (χ0) is 10.1. The van der Waals surface area contributed by atoms with Gasteiger partial charge >= 0.3 is 0 Å². The highest BCUT2D eigenvalue weighted by molar-refractivity contribution is 5.86. The molecule has 2 heterocycles. The minimum atomic E-state index is -0.102. The molecule has 76 valence electrons. The van der Waals surface area contributed by atoms with Crippen LogP contribution in [0.25, 0.3) is 0 Å². The number of anilines is 1. The fourth-order valence-electron chi connectivity index (χ4n) is 1.63. The monoisotopic (exact) mass is 194 g/mol. The van der Waals surface area contributed by atoms with E-state index in [0.717, 1.165) is 18.8 Å². The molecule has 0 bridgehead atoms. The molecule has 1 unspecified atom stereocenters. The number of amides is 1. The smallest absolute Gasteiger partial charge is 0.244 e. The molecule has 0 spiro atoms. The van der Waals surface area contributed by atoms with Crippen LogP contribution >= 0.6 is 0 Å². The number of likely N-dealkylation sites (N-methyl/N-ethyl adjacent to an activating group) is 1. The number of rotatable bonds is 2. The van der Waals surface area contributed by atoms with Crippen molar-refractivity contribution in [1.29, 1.82) is 0 Å². The summed E-state index contributed by atoms with van der Waals surface area (Å²) in [4.78, 5) is 13.3. The topological polar surface area (TPSA) is 50.2 Å². The van der Waals surface area contributed by atoms with Crippen molar-refractivity contribution in [2.75, 3.05) is 18.9 Å². The number of carbonyl (C=O) groups is 1. The molecule has 0 aliphatic carbocycles. The van der Waals surface area contributed by atoms with E-state index >= 15 is 0 Å². The number of carbonyl (C=O) groups excluding carboxylic acids is 1. The number of hydrogen-bond acceptors (Lipinski definition) is 3. The van der Waals surface area contributed by atoms with Crippen molar-refractivity contribution in [3.63, 3.8) is 0 Å². The summed E-state index contributed by atoms with van der Waals surface area (Å²) < 4.78 is 1.71. The second kappa shape index (κ2) is 3.32. The van der Waals surface area contributed by atoms with Gasteiger partial charge in [-0.1, -0.05) is 0 Å². The van der Waals surface area contributed by atoms with Crippen LogP contribution in [0.2, 0.25) is 0 Å². The van der Waals surface area contributed by atoms with Gasteiger partial charge in [0, 0.05) is 32.9 Å². The molecule has 0 aromatic carbocycles. The lowest BCUT2D eigenvalue weighted by Gasteiger charge is -2.10. The van der Waals surface area contributed by atoms with Crippen LogP contribution in [0.3, 0.4) is 0 Å². The van der Waals surface area contributed by atoms with E-state index in [-0.39, 0.29) is 11.9 Å². The van der Waals surface area contributed by atoms with E-state index in [1.165, 1.54) is 0 Å². The number of nitrogens with one attached hydrogen (secondary N) is 1. The molecule has 0 saturated carbocycles. The summed E-state index contributed by atoms with van der Waals surface area (Å²) in [6.07, 6.45) is 2.71. The lowest BCUT2D eigenvalue weighted by molar-refractivity contribution is -0.127. The highest BCUT2D eigenvalue weighted by Gasteiger charge is 2.28. The Labute approximate surface area is 82.7 Å². The minimum Gasteiger partial charge on any atom is -0.357 e. The van der Waals surface area contributed by atoms with Gasteiger partial charge in [0.25, 0.3) is 0 Å². The first-order valence-corrected chi connectivity index (χ1v) is 4.68. The van der Waals surface area contributed by atoms with E-state index in [9.17, 15) is 4.79 Å². The molecule has 1 N–H and O–H groups in total. The van der Waals surface area contributed by atoms with Crippen molar-refractivity contribution in [2.45, 2.75) is 12.5 Å². The van der Waals surface area contributed by atoms with Crippen LogP contribution in [0.5, 0.6) is 0 Å². The summed E-state index contributed by atoms with van der Waals surface area (Å²) in [7, 11) is 3.68. The normalized spacial score (nSPS) is 21.7. The van der Waals surface area contributed by atoms with E-state index in [1.807, 2.05) is 26.4 Å². The molecule has 1 aliphatic rings. The van der Waals surface area contributed by atoms with E-state index in [2.05, 4.69) is 10.4 Å². The first-order chi connectivity index (χ1) is 6.66. The molecule has 1 aliphatic heterocycles. The second-order valence-corrected chi connectivity index (χ2v) is 3.62. The van der Waals surface area contributed by atoms with Crippen LogP contribution in [0.15, 0.2) is 12.3 Å². The predicted octanol–water partition coefficient (Wildman–Crippen LogP) is 0.0627. The number of hydrogen-bond donors (Lipinski definition) is 1. The minimum absolute atomic E-state index is 0.102. The lowest BCUT2D eigenvalue weighted by atomic mass is 10.2. The van der Waals surface area contributed by atoms with Crippen LogP contribution in [0.4, 0.5) is 5.82 Å². The van der Waals surface area contributed by atoms with Crippen LogP contribution in [0, 0.1) is 0 Å². The Morgan fingerprint density at radius 1 is 1.57 bits per heavy atom. The third kappa shape index (κ3) is 1.57. The molecule has 5 heteroatoms. The molecule has 5 nitrogen and oxygen atoms in total. The van der Waals surface area contributed by atoms with Gasteiger partial charge in [0.15, 0.2) is 0 Å². The van der Waals surface area contributed by atoms with Crippen molar-refractivity contribution >= 4 is 11.7 Å². The summed E-state index contributed by atoms with van der Waals surface area (Å²) >= 11 is 0. The Morgan fingerprint density at radius 3 is 2.86 bits per heavy atom. The maximum absolute atomic E-state index is 11.5. The summed E-state index contributed by atoms with van der Waals surface area (Å²) in [6, 6.07) is 1.76. The summed E-state index contributed by atoms with van der Waals surface area (Å²) in [5, 5.41) is 7.29. The van der Waals surface area contributed by atoms with E-state index in [1.54, 1.807) is 9.58 Å². The highest BCUT2D eigenvalue weighted by Crippen LogP contribution is 2.13. The van der Waals surface area contributed by atoms with Crippen LogP contribution in [0.1, 0.15) is 6.42 Å². The fraction of sp³-hybridized carbons (Fsp3) is 0.556. The first-order valence-electron chi connectivity index (χ1n) is 4.68. The fourth-order valence-corrected chi connectivity index (χ4v) is 1.63. The molecule has 1 saturated heterocycles. The Hall–Kier alpha value is -1.52. The Balaban J connectivity index is 2.02.